The second-order valence-corrected chi connectivity index (χ2v) is 9.84. The minimum absolute atomic E-state index is 0.0732. The molecule has 0 atom stereocenters. The van der Waals surface area contributed by atoms with E-state index in [0.29, 0.717) is 13.1 Å². The average Bonchev–Trinajstić information content (AvgIpc) is 2.80. The van der Waals surface area contributed by atoms with Crippen LogP contribution in [0.1, 0.15) is 21.5 Å². The molecule has 6 nitrogen and oxygen atoms in total. The summed E-state index contributed by atoms with van der Waals surface area (Å²) in [5, 5.41) is 0. The summed E-state index contributed by atoms with van der Waals surface area (Å²) in [5.41, 5.74) is 2.96. The number of carbonyl (C=O) groups is 1. The molecule has 0 radical (unpaired) electrons. The predicted molar refractivity (Wildman–Crippen MR) is 126 cm³/mol. The third-order valence-electron chi connectivity index (χ3n) is 5.67. The fourth-order valence-corrected chi connectivity index (χ4v) is 5.00. The van der Waals surface area contributed by atoms with Gasteiger partial charge in [0.25, 0.3) is 15.9 Å². The van der Waals surface area contributed by atoms with Gasteiger partial charge in [0.1, 0.15) is 5.82 Å². The van der Waals surface area contributed by atoms with Crippen molar-refractivity contribution in [1.82, 2.24) is 9.80 Å². The Kier molecular flexibility index (Phi) is 6.76. The zero-order chi connectivity index (χ0) is 23.4. The van der Waals surface area contributed by atoms with E-state index >= 15 is 0 Å². The molecule has 0 aromatic heterocycles. The first-order valence-electron chi connectivity index (χ1n) is 10.8. The number of benzene rings is 3. The summed E-state index contributed by atoms with van der Waals surface area (Å²) in [7, 11) is -3.96. The second kappa shape index (κ2) is 9.72. The summed E-state index contributed by atoms with van der Waals surface area (Å²) in [5.74, 6) is -0.742. The van der Waals surface area contributed by atoms with Crippen molar-refractivity contribution in [3.63, 3.8) is 0 Å². The predicted octanol–water partition coefficient (Wildman–Crippen LogP) is 3.89. The van der Waals surface area contributed by atoms with Crippen molar-refractivity contribution in [2.75, 3.05) is 30.9 Å². The number of para-hydroxylation sites is 1. The third kappa shape index (κ3) is 5.58. The van der Waals surface area contributed by atoms with Gasteiger partial charge in [0, 0.05) is 32.7 Å². The number of nitrogens with one attached hydrogen (secondary N) is 1. The van der Waals surface area contributed by atoms with E-state index in [9.17, 15) is 17.6 Å². The second-order valence-electron chi connectivity index (χ2n) is 8.16. The molecule has 1 fully saturated rings. The highest BCUT2D eigenvalue weighted by atomic mass is 32.2. The molecule has 0 aliphatic carbocycles. The van der Waals surface area contributed by atoms with Crippen LogP contribution < -0.4 is 4.72 Å². The van der Waals surface area contributed by atoms with Crippen LogP contribution in [0.5, 0.6) is 0 Å². The molecule has 1 amide bonds. The van der Waals surface area contributed by atoms with Gasteiger partial charge in [0.15, 0.2) is 0 Å². The first kappa shape index (κ1) is 22.9. The van der Waals surface area contributed by atoms with Gasteiger partial charge in [-0.1, -0.05) is 42.0 Å². The molecule has 1 saturated heterocycles. The van der Waals surface area contributed by atoms with Crippen molar-refractivity contribution < 1.29 is 17.6 Å². The van der Waals surface area contributed by atoms with Crippen molar-refractivity contribution >= 4 is 21.6 Å². The van der Waals surface area contributed by atoms with Crippen LogP contribution in [0.3, 0.4) is 0 Å². The SMILES string of the molecule is Cc1cccc(CN2CCN(C(=O)c3ccccc3NS(=O)(=O)c3ccc(F)cc3)CC2)c1. The Morgan fingerprint density at radius 2 is 1.64 bits per heavy atom. The number of hydrogen-bond donors (Lipinski definition) is 1. The van der Waals surface area contributed by atoms with E-state index in [4.69, 9.17) is 0 Å². The minimum Gasteiger partial charge on any atom is -0.336 e. The molecule has 0 spiro atoms. The van der Waals surface area contributed by atoms with Crippen LogP contribution >= 0.6 is 0 Å². The van der Waals surface area contributed by atoms with Gasteiger partial charge in [-0.15, -0.1) is 0 Å². The Hall–Kier alpha value is -3.23. The van der Waals surface area contributed by atoms with Crippen LogP contribution in [0.15, 0.2) is 77.7 Å². The number of anilines is 1. The van der Waals surface area contributed by atoms with E-state index in [1.54, 1.807) is 29.2 Å². The Morgan fingerprint density at radius 3 is 2.33 bits per heavy atom. The highest BCUT2D eigenvalue weighted by Gasteiger charge is 2.25. The Bertz CT molecular complexity index is 1240. The number of nitrogens with zero attached hydrogens (tertiary/aromatic N) is 2. The van der Waals surface area contributed by atoms with Gasteiger partial charge in [0.05, 0.1) is 16.1 Å². The molecular formula is C25H26FN3O3S. The molecule has 3 aromatic rings. The summed E-state index contributed by atoms with van der Waals surface area (Å²) in [6.45, 7) is 5.50. The maximum atomic E-state index is 13.2. The molecular weight excluding hydrogens is 441 g/mol. The molecule has 8 heteroatoms. The van der Waals surface area contributed by atoms with E-state index in [-0.39, 0.29) is 22.1 Å². The lowest BCUT2D eigenvalue weighted by atomic mass is 10.1. The molecule has 3 aromatic carbocycles. The van der Waals surface area contributed by atoms with Crippen molar-refractivity contribution in [2.24, 2.45) is 0 Å². The normalized spacial score (nSPS) is 14.8. The monoisotopic (exact) mass is 467 g/mol. The molecule has 4 rings (SSSR count). The smallest absolute Gasteiger partial charge is 0.261 e. The maximum Gasteiger partial charge on any atom is 0.261 e. The minimum atomic E-state index is -3.96. The summed E-state index contributed by atoms with van der Waals surface area (Å²) in [6.07, 6.45) is 0. The van der Waals surface area contributed by atoms with Gasteiger partial charge in [0.2, 0.25) is 0 Å². The Labute approximate surface area is 193 Å². The highest BCUT2D eigenvalue weighted by Crippen LogP contribution is 2.23. The van der Waals surface area contributed by atoms with Gasteiger partial charge in [-0.2, -0.15) is 0 Å². The van der Waals surface area contributed by atoms with E-state index in [2.05, 4.69) is 34.7 Å². The average molecular weight is 468 g/mol. The number of halogens is 1. The first-order chi connectivity index (χ1) is 15.8. The number of carbonyl (C=O) groups excluding carboxylic acids is 1. The van der Waals surface area contributed by atoms with Crippen molar-refractivity contribution in [2.45, 2.75) is 18.4 Å². The molecule has 33 heavy (non-hydrogen) atoms. The molecule has 0 unspecified atom stereocenters. The van der Waals surface area contributed by atoms with E-state index in [1.165, 1.54) is 23.3 Å². The van der Waals surface area contributed by atoms with Crippen molar-refractivity contribution in [1.29, 1.82) is 0 Å². The summed E-state index contributed by atoms with van der Waals surface area (Å²) < 4.78 is 41.1. The molecule has 0 bridgehead atoms. The Morgan fingerprint density at radius 1 is 0.939 bits per heavy atom. The third-order valence-corrected chi connectivity index (χ3v) is 7.06. The topological polar surface area (TPSA) is 69.7 Å². The molecule has 1 aliphatic rings. The molecule has 1 heterocycles. The largest absolute Gasteiger partial charge is 0.336 e. The van der Waals surface area contributed by atoms with Gasteiger partial charge < -0.3 is 4.90 Å². The molecule has 172 valence electrons. The van der Waals surface area contributed by atoms with E-state index in [0.717, 1.165) is 31.8 Å². The zero-order valence-corrected chi connectivity index (χ0v) is 19.2. The zero-order valence-electron chi connectivity index (χ0n) is 18.4. The van der Waals surface area contributed by atoms with Gasteiger partial charge in [-0.25, -0.2) is 12.8 Å². The van der Waals surface area contributed by atoms with Crippen LogP contribution in [0.25, 0.3) is 0 Å². The number of piperazine rings is 1. The van der Waals surface area contributed by atoms with Crippen LogP contribution in [0.4, 0.5) is 10.1 Å². The molecule has 1 N–H and O–H groups in total. The summed E-state index contributed by atoms with van der Waals surface area (Å²) in [4.78, 5) is 17.2. The highest BCUT2D eigenvalue weighted by molar-refractivity contribution is 7.92. The van der Waals surface area contributed by atoms with Crippen molar-refractivity contribution in [3.05, 3.63) is 95.3 Å². The Balaban J connectivity index is 1.44. The number of amides is 1. The van der Waals surface area contributed by atoms with E-state index < -0.39 is 15.8 Å². The van der Waals surface area contributed by atoms with Gasteiger partial charge in [-0.05, 0) is 48.9 Å². The fourth-order valence-electron chi connectivity index (χ4n) is 3.92. The fraction of sp³-hybridized carbons (Fsp3) is 0.240. The number of hydrogen-bond acceptors (Lipinski definition) is 4. The molecule has 1 aliphatic heterocycles. The number of sulfonamides is 1. The summed E-state index contributed by atoms with van der Waals surface area (Å²) >= 11 is 0. The molecule has 0 saturated carbocycles. The number of aryl methyl sites for hydroxylation is 1. The summed E-state index contributed by atoms with van der Waals surface area (Å²) in [6, 6.07) is 19.5. The lowest BCUT2D eigenvalue weighted by Crippen LogP contribution is -2.48. The lowest BCUT2D eigenvalue weighted by Gasteiger charge is -2.35. The first-order valence-corrected chi connectivity index (χ1v) is 12.2. The lowest BCUT2D eigenvalue weighted by molar-refractivity contribution is 0.0629. The number of rotatable bonds is 6. The standard InChI is InChI=1S/C25H26FN3O3S/c1-19-5-4-6-20(17-19)18-28-13-15-29(16-14-28)25(30)23-7-2-3-8-24(23)27-33(31,32)22-11-9-21(26)10-12-22/h2-12,17,27H,13-16,18H2,1H3. The van der Waals surface area contributed by atoms with Gasteiger partial charge >= 0.3 is 0 Å². The van der Waals surface area contributed by atoms with Crippen LogP contribution in [0.2, 0.25) is 0 Å². The van der Waals surface area contributed by atoms with Gasteiger partial charge in [-0.3, -0.25) is 14.4 Å². The van der Waals surface area contributed by atoms with E-state index in [1.807, 2.05) is 6.07 Å². The van der Waals surface area contributed by atoms with Crippen molar-refractivity contribution in [3.8, 4) is 0 Å². The maximum absolute atomic E-state index is 13.2. The van der Waals surface area contributed by atoms with Crippen LogP contribution in [-0.4, -0.2) is 50.3 Å². The van der Waals surface area contributed by atoms with Crippen LogP contribution in [0, 0.1) is 12.7 Å². The quantitative estimate of drug-likeness (QED) is 0.597. The van der Waals surface area contributed by atoms with Crippen LogP contribution in [-0.2, 0) is 16.6 Å².